The van der Waals surface area contributed by atoms with E-state index in [1.54, 1.807) is 6.07 Å². The van der Waals surface area contributed by atoms with Crippen molar-refractivity contribution in [1.82, 2.24) is 19.7 Å². The number of rotatable bonds is 3. The molecule has 94 valence electrons. The Bertz CT molecular complexity index is 578. The lowest BCUT2D eigenvalue weighted by Gasteiger charge is -1.99. The van der Waals surface area contributed by atoms with Crippen LogP contribution in [-0.2, 0) is 0 Å². The van der Waals surface area contributed by atoms with Crippen LogP contribution in [0.25, 0.3) is 5.95 Å². The Labute approximate surface area is 103 Å². The van der Waals surface area contributed by atoms with E-state index in [1.807, 2.05) is 13.8 Å². The van der Waals surface area contributed by atoms with Crippen LogP contribution in [0.3, 0.4) is 0 Å². The second-order valence-electron chi connectivity index (χ2n) is 3.99. The molecule has 0 aliphatic heterocycles. The van der Waals surface area contributed by atoms with Gasteiger partial charge in [-0.1, -0.05) is 13.8 Å². The van der Waals surface area contributed by atoms with Crippen LogP contribution in [0, 0.1) is 10.1 Å². The van der Waals surface area contributed by atoms with Crippen molar-refractivity contribution in [3.63, 3.8) is 0 Å². The molecule has 0 aromatic carbocycles. The van der Waals surface area contributed by atoms with Crippen LogP contribution in [0.2, 0.25) is 0 Å². The van der Waals surface area contributed by atoms with Crippen LogP contribution >= 0.6 is 0 Å². The fourth-order valence-electron chi connectivity index (χ4n) is 1.57. The molecule has 0 radical (unpaired) electrons. The van der Waals surface area contributed by atoms with Gasteiger partial charge in [-0.25, -0.2) is 9.97 Å². The maximum Gasteiger partial charge on any atom is 0.334 e. The third-order valence-corrected chi connectivity index (χ3v) is 2.39. The summed E-state index contributed by atoms with van der Waals surface area (Å²) in [5, 5.41) is 15.1. The first-order chi connectivity index (χ1) is 8.52. The first-order valence-electron chi connectivity index (χ1n) is 5.32. The molecule has 0 saturated heterocycles. The molecular weight excluding hydrogens is 236 g/mol. The maximum absolute atomic E-state index is 11.0. The van der Waals surface area contributed by atoms with E-state index >= 15 is 0 Å². The summed E-state index contributed by atoms with van der Waals surface area (Å²) >= 11 is 0. The highest BCUT2D eigenvalue weighted by atomic mass is 16.6. The number of nitro groups is 1. The third-order valence-electron chi connectivity index (χ3n) is 2.39. The highest BCUT2D eigenvalue weighted by Gasteiger charge is 2.28. The Morgan fingerprint density at radius 2 is 2.00 bits per heavy atom. The van der Waals surface area contributed by atoms with Crippen molar-refractivity contribution in [2.45, 2.75) is 19.8 Å². The van der Waals surface area contributed by atoms with Gasteiger partial charge in [0.1, 0.15) is 5.69 Å². The number of anilines is 1. The predicted octanol–water partition coefficient (Wildman–Crippen LogP) is 1.28. The predicted molar refractivity (Wildman–Crippen MR) is 64.3 cm³/mol. The topological polar surface area (TPSA) is 113 Å². The lowest BCUT2D eigenvalue weighted by Crippen LogP contribution is -2.06. The van der Waals surface area contributed by atoms with Crippen molar-refractivity contribution < 1.29 is 4.92 Å². The minimum absolute atomic E-state index is 0.0603. The molecule has 8 heteroatoms. The zero-order valence-electron chi connectivity index (χ0n) is 9.94. The molecule has 0 atom stereocenters. The molecule has 18 heavy (non-hydrogen) atoms. The molecule has 0 unspecified atom stereocenters. The molecule has 0 spiro atoms. The van der Waals surface area contributed by atoms with Gasteiger partial charge < -0.3 is 5.73 Å². The summed E-state index contributed by atoms with van der Waals surface area (Å²) in [6, 6.07) is 1.64. The summed E-state index contributed by atoms with van der Waals surface area (Å²) in [6.45, 7) is 3.62. The summed E-state index contributed by atoms with van der Waals surface area (Å²) in [4.78, 5) is 18.4. The zero-order chi connectivity index (χ0) is 13.3. The zero-order valence-corrected chi connectivity index (χ0v) is 9.94. The molecule has 0 aliphatic carbocycles. The first kappa shape index (κ1) is 12.0. The van der Waals surface area contributed by atoms with E-state index in [0.717, 1.165) is 0 Å². The van der Waals surface area contributed by atoms with Crippen molar-refractivity contribution in [2.24, 2.45) is 0 Å². The van der Waals surface area contributed by atoms with Crippen molar-refractivity contribution in [3.8, 4) is 5.95 Å². The van der Waals surface area contributed by atoms with Crippen LogP contribution in [-0.4, -0.2) is 24.7 Å². The third kappa shape index (κ3) is 1.88. The fourth-order valence-corrected chi connectivity index (χ4v) is 1.57. The summed E-state index contributed by atoms with van der Waals surface area (Å²) in [5.41, 5.74) is 5.89. The van der Waals surface area contributed by atoms with Crippen LogP contribution in [0.4, 0.5) is 11.5 Å². The van der Waals surface area contributed by atoms with Crippen molar-refractivity contribution in [1.29, 1.82) is 0 Å². The van der Waals surface area contributed by atoms with E-state index in [4.69, 9.17) is 5.73 Å². The Hall–Kier alpha value is -2.51. The second kappa shape index (κ2) is 4.40. The standard InChI is InChI=1S/C10H12N6O2/c1-6(2)7-8(16(17)18)9(11)15(14-7)10-12-4-3-5-13-10/h3-6H,11H2,1-2H3. The smallest absolute Gasteiger partial charge is 0.334 e. The van der Waals surface area contributed by atoms with Gasteiger partial charge in [0.05, 0.1) is 4.92 Å². The molecule has 2 aromatic rings. The second-order valence-corrected chi connectivity index (χ2v) is 3.99. The summed E-state index contributed by atoms with van der Waals surface area (Å²) in [6.07, 6.45) is 3.04. The molecule has 0 bridgehead atoms. The monoisotopic (exact) mass is 248 g/mol. The molecule has 0 amide bonds. The average molecular weight is 248 g/mol. The molecule has 2 rings (SSSR count). The largest absolute Gasteiger partial charge is 0.378 e. The highest BCUT2D eigenvalue weighted by Crippen LogP contribution is 2.32. The molecule has 2 heterocycles. The van der Waals surface area contributed by atoms with Crippen LogP contribution < -0.4 is 5.73 Å². The van der Waals surface area contributed by atoms with E-state index in [1.165, 1.54) is 17.1 Å². The van der Waals surface area contributed by atoms with Crippen LogP contribution in [0.1, 0.15) is 25.5 Å². The van der Waals surface area contributed by atoms with Crippen molar-refractivity contribution in [2.75, 3.05) is 5.73 Å². The summed E-state index contributed by atoms with van der Waals surface area (Å²) in [7, 11) is 0. The molecule has 0 fully saturated rings. The van der Waals surface area contributed by atoms with Crippen molar-refractivity contribution in [3.05, 3.63) is 34.3 Å². The van der Waals surface area contributed by atoms with Gasteiger partial charge in [-0.05, 0) is 6.07 Å². The molecule has 0 aliphatic rings. The Morgan fingerprint density at radius 3 is 2.44 bits per heavy atom. The number of hydrogen-bond donors (Lipinski definition) is 1. The number of nitrogens with zero attached hydrogens (tertiary/aromatic N) is 5. The van der Waals surface area contributed by atoms with E-state index in [0.29, 0.717) is 5.69 Å². The van der Waals surface area contributed by atoms with E-state index < -0.39 is 4.92 Å². The average Bonchev–Trinajstić information content (AvgIpc) is 2.68. The number of hydrogen-bond acceptors (Lipinski definition) is 6. The van der Waals surface area contributed by atoms with Gasteiger partial charge in [-0.3, -0.25) is 10.1 Å². The first-order valence-corrected chi connectivity index (χ1v) is 5.32. The Balaban J connectivity index is 2.64. The number of aromatic nitrogens is 4. The van der Waals surface area contributed by atoms with E-state index in [-0.39, 0.29) is 23.4 Å². The molecular formula is C10H12N6O2. The molecule has 2 aromatic heterocycles. The Kier molecular flexibility index (Phi) is 2.92. The van der Waals surface area contributed by atoms with Crippen molar-refractivity contribution >= 4 is 11.5 Å². The van der Waals surface area contributed by atoms with Gasteiger partial charge in [0, 0.05) is 18.3 Å². The minimum Gasteiger partial charge on any atom is -0.378 e. The Morgan fingerprint density at radius 1 is 1.39 bits per heavy atom. The lowest BCUT2D eigenvalue weighted by atomic mass is 10.1. The van der Waals surface area contributed by atoms with Crippen LogP contribution in [0.15, 0.2) is 18.5 Å². The van der Waals surface area contributed by atoms with E-state index in [2.05, 4.69) is 15.1 Å². The lowest BCUT2D eigenvalue weighted by molar-refractivity contribution is -0.384. The van der Waals surface area contributed by atoms with Gasteiger partial charge in [0.15, 0.2) is 0 Å². The minimum atomic E-state index is -0.531. The maximum atomic E-state index is 11.0. The van der Waals surface area contributed by atoms with Crippen LogP contribution in [0.5, 0.6) is 0 Å². The molecule has 8 nitrogen and oxygen atoms in total. The van der Waals surface area contributed by atoms with Gasteiger partial charge in [0.25, 0.3) is 5.95 Å². The van der Waals surface area contributed by atoms with Gasteiger partial charge in [0.2, 0.25) is 5.82 Å². The quantitative estimate of drug-likeness (QED) is 0.646. The highest BCUT2D eigenvalue weighted by molar-refractivity contribution is 5.59. The van der Waals surface area contributed by atoms with Gasteiger partial charge in [-0.15, -0.1) is 0 Å². The summed E-state index contributed by atoms with van der Waals surface area (Å²) in [5.74, 6) is 0.0394. The van der Waals surface area contributed by atoms with Gasteiger partial charge >= 0.3 is 5.69 Å². The number of nitrogens with two attached hydrogens (primary N) is 1. The summed E-state index contributed by atoms with van der Waals surface area (Å²) < 4.78 is 1.19. The normalized spacial score (nSPS) is 10.8. The number of nitrogen functional groups attached to an aromatic ring is 1. The molecule has 0 saturated carbocycles. The SMILES string of the molecule is CC(C)c1nn(-c2ncccn2)c(N)c1[N+](=O)[O-]. The molecule has 2 N–H and O–H groups in total. The van der Waals surface area contributed by atoms with Gasteiger partial charge in [-0.2, -0.15) is 9.78 Å². The fraction of sp³-hybridized carbons (Fsp3) is 0.300. The van der Waals surface area contributed by atoms with E-state index in [9.17, 15) is 10.1 Å².